The molecule has 14 heavy (non-hydrogen) atoms. The van der Waals surface area contributed by atoms with Gasteiger partial charge in [0.2, 0.25) is 0 Å². The van der Waals surface area contributed by atoms with Crippen LogP contribution in [-0.4, -0.2) is 17.5 Å². The lowest BCUT2D eigenvalue weighted by atomic mass is 10.1. The van der Waals surface area contributed by atoms with E-state index in [1.807, 2.05) is 0 Å². The van der Waals surface area contributed by atoms with E-state index in [0.29, 0.717) is 0 Å². The molecule has 0 aliphatic heterocycles. The van der Waals surface area contributed by atoms with Gasteiger partial charge in [0.05, 0.1) is 10.5 Å². The SMILES string of the molecule is O=Cc1ccc([N+](=O)[O-])c(C=O)c1F. The number of hydrogen-bond acceptors (Lipinski definition) is 4. The molecule has 0 spiro atoms. The lowest BCUT2D eigenvalue weighted by Gasteiger charge is -1.98. The number of hydrogen-bond donors (Lipinski definition) is 0. The molecule has 0 saturated carbocycles. The van der Waals surface area contributed by atoms with Crippen molar-refractivity contribution in [3.8, 4) is 0 Å². The summed E-state index contributed by atoms with van der Waals surface area (Å²) in [6.45, 7) is 0. The van der Waals surface area contributed by atoms with Crippen LogP contribution in [0.2, 0.25) is 0 Å². The number of rotatable bonds is 3. The highest BCUT2D eigenvalue weighted by molar-refractivity contribution is 5.87. The average Bonchev–Trinajstić information content (AvgIpc) is 2.17. The van der Waals surface area contributed by atoms with Crippen molar-refractivity contribution in [3.05, 3.63) is 39.2 Å². The second kappa shape index (κ2) is 3.73. The second-order valence-corrected chi connectivity index (χ2v) is 2.39. The molecule has 0 heterocycles. The number of halogens is 1. The van der Waals surface area contributed by atoms with Crippen LogP contribution in [-0.2, 0) is 0 Å². The summed E-state index contributed by atoms with van der Waals surface area (Å²) in [7, 11) is 0. The number of nitro benzene ring substituents is 1. The molecule has 0 aliphatic carbocycles. The Bertz CT molecular complexity index is 416. The topological polar surface area (TPSA) is 77.3 Å². The summed E-state index contributed by atoms with van der Waals surface area (Å²) in [4.78, 5) is 30.0. The van der Waals surface area contributed by atoms with Gasteiger partial charge in [-0.15, -0.1) is 0 Å². The molecule has 72 valence electrons. The highest BCUT2D eigenvalue weighted by Gasteiger charge is 2.19. The smallest absolute Gasteiger partial charge is 0.282 e. The van der Waals surface area contributed by atoms with Gasteiger partial charge in [-0.1, -0.05) is 0 Å². The zero-order chi connectivity index (χ0) is 10.7. The van der Waals surface area contributed by atoms with Crippen LogP contribution >= 0.6 is 0 Å². The van der Waals surface area contributed by atoms with Crippen molar-refractivity contribution in [2.45, 2.75) is 0 Å². The van der Waals surface area contributed by atoms with E-state index < -0.39 is 22.0 Å². The van der Waals surface area contributed by atoms with E-state index >= 15 is 0 Å². The van der Waals surface area contributed by atoms with Crippen LogP contribution in [0, 0.1) is 15.9 Å². The molecule has 0 saturated heterocycles. The Labute approximate surface area is 77.3 Å². The van der Waals surface area contributed by atoms with E-state index in [9.17, 15) is 24.1 Å². The van der Waals surface area contributed by atoms with Crippen LogP contribution < -0.4 is 0 Å². The zero-order valence-electron chi connectivity index (χ0n) is 6.77. The Hall–Kier alpha value is -2.11. The molecule has 0 amide bonds. The maximum atomic E-state index is 13.1. The molecule has 5 nitrogen and oxygen atoms in total. The quantitative estimate of drug-likeness (QED) is 0.416. The zero-order valence-corrected chi connectivity index (χ0v) is 6.77. The van der Waals surface area contributed by atoms with Gasteiger partial charge in [-0.25, -0.2) is 4.39 Å². The van der Waals surface area contributed by atoms with Gasteiger partial charge in [-0.2, -0.15) is 0 Å². The van der Waals surface area contributed by atoms with E-state index in [1.54, 1.807) is 0 Å². The first kappa shape index (κ1) is 9.97. The molecule has 0 atom stereocenters. The highest BCUT2D eigenvalue weighted by atomic mass is 19.1. The Morgan fingerprint density at radius 3 is 2.36 bits per heavy atom. The van der Waals surface area contributed by atoms with Crippen molar-refractivity contribution < 1.29 is 18.9 Å². The van der Waals surface area contributed by atoms with E-state index in [4.69, 9.17) is 0 Å². The van der Waals surface area contributed by atoms with E-state index in [0.717, 1.165) is 12.1 Å². The molecule has 0 fully saturated rings. The fraction of sp³-hybridized carbons (Fsp3) is 0. The van der Waals surface area contributed by atoms with Crippen LogP contribution in [0.3, 0.4) is 0 Å². The number of carbonyl (C=O) groups is 2. The molecular weight excluding hydrogens is 193 g/mol. The summed E-state index contributed by atoms with van der Waals surface area (Å²) in [6.07, 6.45) is 0.201. The first-order valence-corrected chi connectivity index (χ1v) is 3.49. The standard InChI is InChI=1S/C8H4FNO4/c9-8-5(3-11)1-2-7(10(13)14)6(8)4-12/h1-4H. The minimum atomic E-state index is -1.16. The summed E-state index contributed by atoms with van der Waals surface area (Å²) in [5.74, 6) is -1.16. The minimum absolute atomic E-state index is 0.0144. The maximum Gasteiger partial charge on any atom is 0.282 e. The fourth-order valence-corrected chi connectivity index (χ4v) is 0.962. The molecule has 0 N–H and O–H groups in total. The predicted octanol–water partition coefficient (Wildman–Crippen LogP) is 1.36. The first-order chi connectivity index (χ1) is 6.61. The molecule has 6 heteroatoms. The molecule has 0 aromatic heterocycles. The van der Waals surface area contributed by atoms with E-state index in [2.05, 4.69) is 0 Å². The van der Waals surface area contributed by atoms with Crippen LogP contribution in [0.4, 0.5) is 10.1 Å². The van der Waals surface area contributed by atoms with Crippen LogP contribution in [0.25, 0.3) is 0 Å². The molecule has 0 aliphatic rings. The third kappa shape index (κ3) is 1.49. The number of carbonyl (C=O) groups excluding carboxylic acids is 2. The summed E-state index contributed by atoms with van der Waals surface area (Å²) in [5.41, 5.74) is -1.74. The normalized spacial score (nSPS) is 9.50. The lowest BCUT2D eigenvalue weighted by molar-refractivity contribution is -0.385. The van der Waals surface area contributed by atoms with E-state index in [-0.39, 0.29) is 18.1 Å². The van der Waals surface area contributed by atoms with Gasteiger partial charge in [0.15, 0.2) is 18.4 Å². The number of benzene rings is 1. The van der Waals surface area contributed by atoms with Gasteiger partial charge in [0, 0.05) is 6.07 Å². The monoisotopic (exact) mass is 197 g/mol. The van der Waals surface area contributed by atoms with Crippen molar-refractivity contribution in [2.75, 3.05) is 0 Å². The minimum Gasteiger partial charge on any atom is -0.298 e. The summed E-state index contributed by atoms with van der Waals surface area (Å²) in [6, 6.07) is 1.87. The second-order valence-electron chi connectivity index (χ2n) is 2.39. The van der Waals surface area contributed by atoms with Crippen LogP contribution in [0.5, 0.6) is 0 Å². The highest BCUT2D eigenvalue weighted by Crippen LogP contribution is 2.21. The molecule has 0 bridgehead atoms. The largest absolute Gasteiger partial charge is 0.298 e. The fourth-order valence-electron chi connectivity index (χ4n) is 0.962. The van der Waals surface area contributed by atoms with Crippen molar-refractivity contribution in [1.82, 2.24) is 0 Å². The third-order valence-electron chi connectivity index (χ3n) is 1.63. The van der Waals surface area contributed by atoms with Crippen molar-refractivity contribution in [1.29, 1.82) is 0 Å². The molecule has 0 radical (unpaired) electrons. The maximum absolute atomic E-state index is 13.1. The van der Waals surface area contributed by atoms with Crippen molar-refractivity contribution in [3.63, 3.8) is 0 Å². The van der Waals surface area contributed by atoms with Crippen LogP contribution in [0.1, 0.15) is 20.7 Å². The summed E-state index contributed by atoms with van der Waals surface area (Å²) < 4.78 is 13.1. The van der Waals surface area contributed by atoms with Gasteiger partial charge in [-0.3, -0.25) is 19.7 Å². The van der Waals surface area contributed by atoms with Gasteiger partial charge in [-0.05, 0) is 6.07 Å². The molecule has 1 aromatic rings. The predicted molar refractivity (Wildman–Crippen MR) is 43.8 cm³/mol. The Morgan fingerprint density at radius 1 is 1.29 bits per heavy atom. The average molecular weight is 197 g/mol. The molecule has 0 unspecified atom stereocenters. The van der Waals surface area contributed by atoms with Crippen molar-refractivity contribution in [2.24, 2.45) is 0 Å². The molecular formula is C8H4FNO4. The summed E-state index contributed by atoms with van der Waals surface area (Å²) >= 11 is 0. The van der Waals surface area contributed by atoms with Crippen molar-refractivity contribution >= 4 is 18.3 Å². The number of nitro groups is 1. The summed E-state index contributed by atoms with van der Waals surface area (Å²) in [5, 5.41) is 10.3. The Morgan fingerprint density at radius 2 is 1.93 bits per heavy atom. The molecule has 1 aromatic carbocycles. The number of nitrogens with zero attached hydrogens (tertiary/aromatic N) is 1. The molecule has 1 rings (SSSR count). The van der Waals surface area contributed by atoms with Gasteiger partial charge < -0.3 is 0 Å². The van der Waals surface area contributed by atoms with Gasteiger partial charge >= 0.3 is 0 Å². The third-order valence-corrected chi connectivity index (χ3v) is 1.63. The van der Waals surface area contributed by atoms with Gasteiger partial charge in [0.25, 0.3) is 5.69 Å². The van der Waals surface area contributed by atoms with Crippen LogP contribution in [0.15, 0.2) is 12.1 Å². The van der Waals surface area contributed by atoms with E-state index in [1.165, 1.54) is 0 Å². The lowest BCUT2D eigenvalue weighted by Crippen LogP contribution is -2.00. The first-order valence-electron chi connectivity index (χ1n) is 3.49. The number of aldehydes is 2. The Balaban J connectivity index is 3.50. The van der Waals surface area contributed by atoms with Gasteiger partial charge in [0.1, 0.15) is 5.56 Å². The Kier molecular flexibility index (Phi) is 2.66.